The van der Waals surface area contributed by atoms with Crippen molar-refractivity contribution in [1.29, 1.82) is 5.26 Å². The van der Waals surface area contributed by atoms with E-state index < -0.39 is 12.6 Å². The van der Waals surface area contributed by atoms with Crippen LogP contribution in [0.1, 0.15) is 18.1 Å². The summed E-state index contributed by atoms with van der Waals surface area (Å²) in [4.78, 5) is 11.7. The van der Waals surface area contributed by atoms with Gasteiger partial charge in [-0.3, -0.25) is 4.79 Å². The van der Waals surface area contributed by atoms with Gasteiger partial charge in [-0.1, -0.05) is 0 Å². The Balaban J connectivity index is 3.05. The van der Waals surface area contributed by atoms with Gasteiger partial charge in [0.15, 0.2) is 0 Å². The summed E-state index contributed by atoms with van der Waals surface area (Å²) in [6.07, 6.45) is -0.127. The van der Waals surface area contributed by atoms with Crippen LogP contribution in [0.2, 0.25) is 0 Å². The topological polar surface area (TPSA) is 59.3 Å². The predicted molar refractivity (Wildman–Crippen MR) is 65.4 cm³/mol. The van der Waals surface area contributed by atoms with E-state index in [4.69, 9.17) is 10.00 Å². The summed E-state index contributed by atoms with van der Waals surface area (Å²) in [6, 6.07) is 4.20. The number of carbonyl (C=O) groups is 1. The summed E-state index contributed by atoms with van der Waals surface area (Å²) >= 11 is 4.10. The number of nitrogens with zero attached hydrogens (tertiary/aromatic N) is 1. The first-order chi connectivity index (χ1) is 8.97. The standard InChI is InChI=1S/C12H11F2NO3S/c1-2-17-11(16)5-7-3-9(18-12(13)14)8(6-15)4-10(7)19/h3-4,12,19H,2,5H2,1H3. The molecule has 4 nitrogen and oxygen atoms in total. The number of hydrogen-bond donors (Lipinski definition) is 1. The Kier molecular flexibility index (Phi) is 5.57. The van der Waals surface area contributed by atoms with Crippen molar-refractivity contribution >= 4 is 18.6 Å². The maximum absolute atomic E-state index is 12.2. The van der Waals surface area contributed by atoms with Crippen LogP contribution in [0.25, 0.3) is 0 Å². The third-order valence-electron chi connectivity index (χ3n) is 2.16. The Hall–Kier alpha value is -1.81. The summed E-state index contributed by atoms with van der Waals surface area (Å²) in [5.41, 5.74) is 0.286. The van der Waals surface area contributed by atoms with Crippen LogP contribution in [-0.2, 0) is 16.0 Å². The van der Waals surface area contributed by atoms with Crippen LogP contribution in [0.15, 0.2) is 17.0 Å². The third-order valence-corrected chi connectivity index (χ3v) is 2.57. The van der Waals surface area contributed by atoms with Gasteiger partial charge in [0.25, 0.3) is 0 Å². The van der Waals surface area contributed by atoms with E-state index in [9.17, 15) is 13.6 Å². The minimum atomic E-state index is -3.05. The van der Waals surface area contributed by atoms with Gasteiger partial charge in [0.1, 0.15) is 11.8 Å². The SMILES string of the molecule is CCOC(=O)Cc1cc(OC(F)F)c(C#N)cc1S. The molecule has 0 saturated heterocycles. The smallest absolute Gasteiger partial charge is 0.387 e. The highest BCUT2D eigenvalue weighted by atomic mass is 32.1. The molecular weight excluding hydrogens is 276 g/mol. The maximum atomic E-state index is 12.2. The molecule has 7 heteroatoms. The van der Waals surface area contributed by atoms with Crippen LogP contribution in [0.5, 0.6) is 5.75 Å². The Labute approximate surface area is 114 Å². The lowest BCUT2D eigenvalue weighted by Gasteiger charge is -2.11. The first kappa shape index (κ1) is 15.2. The molecule has 0 aliphatic carbocycles. The number of hydrogen-bond acceptors (Lipinski definition) is 5. The Morgan fingerprint density at radius 1 is 1.53 bits per heavy atom. The summed E-state index contributed by atoms with van der Waals surface area (Å²) < 4.78 is 33.4. The second-order valence-corrected chi connectivity index (χ2v) is 3.93. The van der Waals surface area contributed by atoms with Crippen LogP contribution < -0.4 is 4.74 Å². The Bertz CT molecular complexity index is 514. The average Bonchev–Trinajstić information content (AvgIpc) is 2.32. The normalized spacial score (nSPS) is 10.1. The van der Waals surface area contributed by atoms with E-state index >= 15 is 0 Å². The molecule has 102 valence electrons. The van der Waals surface area contributed by atoms with Gasteiger partial charge in [-0.25, -0.2) is 0 Å². The van der Waals surface area contributed by atoms with Gasteiger partial charge in [-0.05, 0) is 24.6 Å². The van der Waals surface area contributed by atoms with E-state index in [1.54, 1.807) is 13.0 Å². The molecule has 0 amide bonds. The molecule has 0 aliphatic rings. The van der Waals surface area contributed by atoms with Crippen LogP contribution in [0.4, 0.5) is 8.78 Å². The fourth-order valence-electron chi connectivity index (χ4n) is 1.40. The highest BCUT2D eigenvalue weighted by Gasteiger charge is 2.15. The first-order valence-corrected chi connectivity index (χ1v) is 5.79. The lowest BCUT2D eigenvalue weighted by Crippen LogP contribution is -2.09. The number of nitriles is 1. The molecule has 0 fully saturated rings. The zero-order valence-corrected chi connectivity index (χ0v) is 10.9. The molecule has 0 unspecified atom stereocenters. The number of thiol groups is 1. The number of carbonyl (C=O) groups excluding carboxylic acids is 1. The quantitative estimate of drug-likeness (QED) is 0.668. The molecule has 0 N–H and O–H groups in total. The largest absolute Gasteiger partial charge is 0.466 e. The van der Waals surface area contributed by atoms with Crippen LogP contribution in [0, 0.1) is 11.3 Å². The van der Waals surface area contributed by atoms with E-state index in [1.165, 1.54) is 12.1 Å². The zero-order valence-electron chi connectivity index (χ0n) is 10.0. The molecule has 0 radical (unpaired) electrons. The highest BCUT2D eigenvalue weighted by Crippen LogP contribution is 2.27. The van der Waals surface area contributed by atoms with Gasteiger partial charge >= 0.3 is 12.6 Å². The van der Waals surface area contributed by atoms with Gasteiger partial charge in [0.2, 0.25) is 0 Å². The molecule has 1 rings (SSSR count). The van der Waals surface area contributed by atoms with Crippen molar-refractivity contribution in [1.82, 2.24) is 0 Å². The fourth-order valence-corrected chi connectivity index (χ4v) is 1.67. The number of rotatable bonds is 5. The second kappa shape index (κ2) is 6.95. The average molecular weight is 287 g/mol. The molecule has 0 atom stereocenters. The molecule has 1 aromatic rings. The lowest BCUT2D eigenvalue weighted by atomic mass is 10.1. The second-order valence-electron chi connectivity index (χ2n) is 3.45. The monoisotopic (exact) mass is 287 g/mol. The molecule has 0 aliphatic heterocycles. The molecule has 0 saturated carbocycles. The molecular formula is C12H11F2NO3S. The van der Waals surface area contributed by atoms with E-state index in [2.05, 4.69) is 17.4 Å². The minimum absolute atomic E-state index is 0.0714. The molecule has 0 spiro atoms. The minimum Gasteiger partial charge on any atom is -0.466 e. The summed E-state index contributed by atoms with van der Waals surface area (Å²) in [6.45, 7) is -1.17. The molecule has 0 bridgehead atoms. The molecule has 0 heterocycles. The number of halogens is 2. The maximum Gasteiger partial charge on any atom is 0.387 e. The Morgan fingerprint density at radius 3 is 2.74 bits per heavy atom. The van der Waals surface area contributed by atoms with E-state index in [-0.39, 0.29) is 24.3 Å². The van der Waals surface area contributed by atoms with Crippen molar-refractivity contribution in [3.8, 4) is 11.8 Å². The van der Waals surface area contributed by atoms with E-state index in [0.29, 0.717) is 10.5 Å². The Morgan fingerprint density at radius 2 is 2.21 bits per heavy atom. The summed E-state index contributed by atoms with van der Waals surface area (Å²) in [5, 5.41) is 8.81. The lowest BCUT2D eigenvalue weighted by molar-refractivity contribution is -0.142. The summed E-state index contributed by atoms with van der Waals surface area (Å²) in [5.74, 6) is -0.792. The van der Waals surface area contributed by atoms with Crippen LogP contribution in [-0.4, -0.2) is 19.2 Å². The number of benzene rings is 1. The predicted octanol–water partition coefficient (Wildman–Crippen LogP) is 2.55. The van der Waals surface area contributed by atoms with Gasteiger partial charge in [0.05, 0.1) is 18.6 Å². The van der Waals surface area contributed by atoms with Gasteiger partial charge < -0.3 is 9.47 Å². The van der Waals surface area contributed by atoms with Crippen molar-refractivity contribution in [3.05, 3.63) is 23.3 Å². The van der Waals surface area contributed by atoms with Gasteiger partial charge in [-0.15, -0.1) is 12.6 Å². The van der Waals surface area contributed by atoms with Crippen molar-refractivity contribution in [2.24, 2.45) is 0 Å². The van der Waals surface area contributed by atoms with Crippen molar-refractivity contribution in [2.45, 2.75) is 24.9 Å². The third kappa shape index (κ3) is 4.41. The van der Waals surface area contributed by atoms with Crippen molar-refractivity contribution in [2.75, 3.05) is 6.61 Å². The highest BCUT2D eigenvalue weighted by molar-refractivity contribution is 7.80. The molecule has 0 aromatic heterocycles. The van der Waals surface area contributed by atoms with Crippen molar-refractivity contribution in [3.63, 3.8) is 0 Å². The van der Waals surface area contributed by atoms with Crippen LogP contribution in [0.3, 0.4) is 0 Å². The first-order valence-electron chi connectivity index (χ1n) is 5.34. The number of alkyl halides is 2. The van der Waals surface area contributed by atoms with Gasteiger partial charge in [-0.2, -0.15) is 14.0 Å². The molecule has 19 heavy (non-hydrogen) atoms. The molecule has 1 aromatic carbocycles. The number of esters is 1. The van der Waals surface area contributed by atoms with Gasteiger partial charge in [0, 0.05) is 4.90 Å². The zero-order chi connectivity index (χ0) is 14.4. The van der Waals surface area contributed by atoms with Crippen LogP contribution >= 0.6 is 12.6 Å². The summed E-state index contributed by atoms with van der Waals surface area (Å²) in [7, 11) is 0. The van der Waals surface area contributed by atoms with E-state index in [0.717, 1.165) is 0 Å². The van der Waals surface area contributed by atoms with E-state index in [1.807, 2.05) is 0 Å². The number of ether oxygens (including phenoxy) is 2. The van der Waals surface area contributed by atoms with Crippen molar-refractivity contribution < 1.29 is 23.0 Å². The fraction of sp³-hybridized carbons (Fsp3) is 0.333.